The fraction of sp³-hybridized carbons (Fsp3) is 0.333. The molecule has 1 aliphatic carbocycles. The number of nitrogens with one attached hydrogen (secondary N) is 1. The van der Waals surface area contributed by atoms with E-state index in [1.54, 1.807) is 12.1 Å². The van der Waals surface area contributed by atoms with Crippen molar-refractivity contribution in [2.45, 2.75) is 43.5 Å². The topological polar surface area (TPSA) is 58.0 Å². The molecular weight excluding hydrogens is 403 g/mol. The molecule has 0 amide bonds. The van der Waals surface area contributed by atoms with Gasteiger partial charge in [0.2, 0.25) is 0 Å². The molecule has 1 aliphatic rings. The Morgan fingerprint density at radius 1 is 1.03 bits per heavy atom. The minimum atomic E-state index is -4.65. The van der Waals surface area contributed by atoms with E-state index in [4.69, 9.17) is 11.6 Å². The maximum absolute atomic E-state index is 13.2. The lowest BCUT2D eigenvalue weighted by Gasteiger charge is -2.38. The first kappa shape index (κ1) is 19.9. The van der Waals surface area contributed by atoms with Gasteiger partial charge in [0.1, 0.15) is 5.69 Å². The van der Waals surface area contributed by atoms with E-state index in [0.717, 1.165) is 16.3 Å². The molecule has 29 heavy (non-hydrogen) atoms. The summed E-state index contributed by atoms with van der Waals surface area (Å²) in [5.74, 6) is 0.412. The number of rotatable bonds is 3. The Kier molecular flexibility index (Phi) is 5.12. The third-order valence-electron chi connectivity index (χ3n) is 5.40. The molecule has 2 aromatic carbocycles. The number of hydrogen-bond acceptors (Lipinski definition) is 4. The normalized spacial score (nSPS) is 22.6. The fourth-order valence-electron chi connectivity index (χ4n) is 3.86. The second-order valence-electron chi connectivity index (χ2n) is 7.42. The molecule has 2 atom stereocenters. The van der Waals surface area contributed by atoms with Gasteiger partial charge >= 0.3 is 6.18 Å². The number of hydrogen-bond donors (Lipinski definition) is 2. The summed E-state index contributed by atoms with van der Waals surface area (Å²) in [6, 6.07) is 14.1. The van der Waals surface area contributed by atoms with Crippen molar-refractivity contribution in [2.75, 3.05) is 5.32 Å². The van der Waals surface area contributed by atoms with Crippen molar-refractivity contribution < 1.29 is 18.3 Å². The van der Waals surface area contributed by atoms with Gasteiger partial charge in [0, 0.05) is 33.8 Å². The zero-order valence-corrected chi connectivity index (χ0v) is 16.1. The van der Waals surface area contributed by atoms with Crippen molar-refractivity contribution in [3.63, 3.8) is 0 Å². The van der Waals surface area contributed by atoms with E-state index >= 15 is 0 Å². The highest BCUT2D eigenvalue weighted by atomic mass is 35.5. The number of fused-ring (bicyclic) bond motifs is 1. The molecule has 8 heteroatoms. The predicted octanol–water partition coefficient (Wildman–Crippen LogP) is 5.60. The zero-order valence-electron chi connectivity index (χ0n) is 15.4. The van der Waals surface area contributed by atoms with Gasteiger partial charge in [-0.15, -0.1) is 10.2 Å². The molecule has 0 saturated heterocycles. The van der Waals surface area contributed by atoms with E-state index in [9.17, 15) is 18.3 Å². The standard InChI is InChI=1S/C21H19ClF3N3O/c22-14-9-7-13(8-10-14)18-16-5-1-2-6-17(16)19(28-27-18)26-15-4-3-11-20(29,12-15)21(23,24)25/h1-2,5-10,15,29H,3-4,11-12H2,(H,26,28)/t15-,20+/m0/s1. The van der Waals surface area contributed by atoms with Crippen LogP contribution >= 0.6 is 11.6 Å². The first-order valence-electron chi connectivity index (χ1n) is 9.34. The summed E-state index contributed by atoms with van der Waals surface area (Å²) >= 11 is 5.96. The maximum atomic E-state index is 13.2. The summed E-state index contributed by atoms with van der Waals surface area (Å²) in [6.45, 7) is 0. The maximum Gasteiger partial charge on any atom is 0.417 e. The molecule has 0 unspecified atom stereocenters. The highest BCUT2D eigenvalue weighted by molar-refractivity contribution is 6.30. The molecule has 4 rings (SSSR count). The average molecular weight is 422 g/mol. The van der Waals surface area contributed by atoms with Crippen LogP contribution in [0.4, 0.5) is 19.0 Å². The lowest BCUT2D eigenvalue weighted by Crippen LogP contribution is -2.51. The lowest BCUT2D eigenvalue weighted by molar-refractivity contribution is -0.270. The van der Waals surface area contributed by atoms with Crippen molar-refractivity contribution in [1.29, 1.82) is 0 Å². The van der Waals surface area contributed by atoms with E-state index in [1.807, 2.05) is 36.4 Å². The number of alkyl halides is 3. The van der Waals surface area contributed by atoms with E-state index in [2.05, 4.69) is 15.5 Å². The lowest BCUT2D eigenvalue weighted by atomic mass is 9.81. The third-order valence-corrected chi connectivity index (χ3v) is 5.65. The molecule has 0 spiro atoms. The third kappa shape index (κ3) is 3.89. The zero-order chi connectivity index (χ0) is 20.6. The largest absolute Gasteiger partial charge is 0.417 e. The van der Waals surface area contributed by atoms with Crippen LogP contribution in [0.5, 0.6) is 0 Å². The van der Waals surface area contributed by atoms with E-state index in [-0.39, 0.29) is 12.8 Å². The first-order chi connectivity index (χ1) is 13.8. The van der Waals surface area contributed by atoms with Crippen LogP contribution < -0.4 is 5.32 Å². The molecule has 1 fully saturated rings. The minimum Gasteiger partial charge on any atom is -0.380 e. The Hall–Kier alpha value is -2.38. The predicted molar refractivity (Wildman–Crippen MR) is 107 cm³/mol. The van der Waals surface area contributed by atoms with Crippen LogP contribution in [0.25, 0.3) is 22.0 Å². The van der Waals surface area contributed by atoms with Crippen LogP contribution in [0, 0.1) is 0 Å². The van der Waals surface area contributed by atoms with Gasteiger partial charge in [0.05, 0.1) is 0 Å². The smallest absolute Gasteiger partial charge is 0.380 e. The molecule has 4 nitrogen and oxygen atoms in total. The summed E-state index contributed by atoms with van der Waals surface area (Å²) in [4.78, 5) is 0. The Bertz CT molecular complexity index is 1030. The van der Waals surface area contributed by atoms with E-state index in [0.29, 0.717) is 23.0 Å². The van der Waals surface area contributed by atoms with Crippen molar-refractivity contribution in [1.82, 2.24) is 10.2 Å². The average Bonchev–Trinajstić information content (AvgIpc) is 2.68. The second kappa shape index (κ2) is 7.46. The molecule has 0 aliphatic heterocycles. The van der Waals surface area contributed by atoms with Crippen molar-refractivity contribution in [3.8, 4) is 11.3 Å². The molecule has 0 bridgehead atoms. The molecule has 0 radical (unpaired) electrons. The summed E-state index contributed by atoms with van der Waals surface area (Å²) in [5.41, 5.74) is -1.16. The molecule has 1 saturated carbocycles. The molecule has 1 heterocycles. The minimum absolute atomic E-state index is 0.280. The van der Waals surface area contributed by atoms with Gasteiger partial charge in [-0.1, -0.05) is 48.0 Å². The number of benzene rings is 2. The van der Waals surface area contributed by atoms with Crippen LogP contribution in [0.15, 0.2) is 48.5 Å². The summed E-state index contributed by atoms with van der Waals surface area (Å²) in [5, 5.41) is 23.9. The monoisotopic (exact) mass is 421 g/mol. The summed E-state index contributed by atoms with van der Waals surface area (Å²) < 4.78 is 39.7. The SMILES string of the molecule is O[C@]1(C(F)(F)F)CCC[C@H](Nc2nnc(-c3ccc(Cl)cc3)c3ccccc23)C1. The van der Waals surface area contributed by atoms with Gasteiger partial charge in [-0.05, 0) is 31.4 Å². The summed E-state index contributed by atoms with van der Waals surface area (Å²) in [6.07, 6.45) is -4.54. The Morgan fingerprint density at radius 2 is 1.72 bits per heavy atom. The molecule has 3 aromatic rings. The van der Waals surface area contributed by atoms with Gasteiger partial charge in [0.15, 0.2) is 11.4 Å². The quantitative estimate of drug-likeness (QED) is 0.578. The molecule has 1 aromatic heterocycles. The van der Waals surface area contributed by atoms with Crippen LogP contribution in [-0.4, -0.2) is 33.1 Å². The highest BCUT2D eigenvalue weighted by Crippen LogP contribution is 2.42. The first-order valence-corrected chi connectivity index (χ1v) is 9.72. The van der Waals surface area contributed by atoms with Crippen LogP contribution in [0.1, 0.15) is 25.7 Å². The van der Waals surface area contributed by atoms with Gasteiger partial charge < -0.3 is 10.4 Å². The van der Waals surface area contributed by atoms with Gasteiger partial charge in [-0.3, -0.25) is 0 Å². The number of nitrogens with zero attached hydrogens (tertiary/aromatic N) is 2. The second-order valence-corrected chi connectivity index (χ2v) is 7.85. The molecular formula is C21H19ClF3N3O. The number of aliphatic hydroxyl groups is 1. The van der Waals surface area contributed by atoms with Gasteiger partial charge in [-0.25, -0.2) is 0 Å². The van der Waals surface area contributed by atoms with Crippen LogP contribution in [0.2, 0.25) is 5.02 Å². The van der Waals surface area contributed by atoms with Crippen LogP contribution in [0.3, 0.4) is 0 Å². The van der Waals surface area contributed by atoms with Crippen molar-refractivity contribution in [2.24, 2.45) is 0 Å². The highest BCUT2D eigenvalue weighted by Gasteiger charge is 2.55. The molecule has 152 valence electrons. The van der Waals surface area contributed by atoms with Gasteiger partial charge in [-0.2, -0.15) is 13.2 Å². The van der Waals surface area contributed by atoms with E-state index < -0.39 is 24.2 Å². The van der Waals surface area contributed by atoms with Crippen molar-refractivity contribution >= 4 is 28.2 Å². The number of anilines is 1. The van der Waals surface area contributed by atoms with E-state index in [1.165, 1.54) is 0 Å². The Labute approximate surface area is 170 Å². The fourth-order valence-corrected chi connectivity index (χ4v) is 3.98. The number of halogens is 4. The van der Waals surface area contributed by atoms with Crippen LogP contribution in [-0.2, 0) is 0 Å². The summed E-state index contributed by atoms with van der Waals surface area (Å²) in [7, 11) is 0. The Morgan fingerprint density at radius 3 is 2.41 bits per heavy atom. The van der Waals surface area contributed by atoms with Crippen molar-refractivity contribution in [3.05, 3.63) is 53.6 Å². The van der Waals surface area contributed by atoms with Gasteiger partial charge in [0.25, 0.3) is 0 Å². The molecule has 2 N–H and O–H groups in total. The number of aromatic nitrogens is 2. The Balaban J connectivity index is 1.67.